The summed E-state index contributed by atoms with van der Waals surface area (Å²) in [6.45, 7) is 6.51. The highest BCUT2D eigenvalue weighted by Crippen LogP contribution is 2.15. The van der Waals surface area contributed by atoms with Crippen molar-refractivity contribution in [3.05, 3.63) is 24.3 Å². The number of rotatable bonds is 10. The van der Waals surface area contributed by atoms with Crippen molar-refractivity contribution < 1.29 is 22.7 Å². The molecule has 0 fully saturated rings. The van der Waals surface area contributed by atoms with E-state index in [-0.39, 0.29) is 11.7 Å². The zero-order valence-corrected chi connectivity index (χ0v) is 14.5. The van der Waals surface area contributed by atoms with Gasteiger partial charge in [-0.1, -0.05) is 0 Å². The molecule has 8 heteroatoms. The highest BCUT2D eigenvalue weighted by molar-refractivity contribution is 7.92. The number of hydrogen-bond acceptors (Lipinski definition) is 5. The molecule has 0 saturated carbocycles. The van der Waals surface area contributed by atoms with Crippen molar-refractivity contribution in [3.8, 4) is 0 Å². The number of benzene rings is 1. The summed E-state index contributed by atoms with van der Waals surface area (Å²) in [6.07, 6.45) is -0.603. The number of sulfonamides is 1. The molecule has 0 bridgehead atoms. The van der Waals surface area contributed by atoms with Crippen LogP contribution in [0.25, 0.3) is 0 Å². The number of nitrogens with one attached hydrogen (secondary N) is 2. The van der Waals surface area contributed by atoms with E-state index in [4.69, 9.17) is 9.47 Å². The van der Waals surface area contributed by atoms with E-state index >= 15 is 0 Å². The van der Waals surface area contributed by atoms with Gasteiger partial charge >= 0.3 is 0 Å². The summed E-state index contributed by atoms with van der Waals surface area (Å²) < 4.78 is 35.8. The molecule has 0 aromatic heterocycles. The van der Waals surface area contributed by atoms with Crippen LogP contribution in [0.1, 0.15) is 20.8 Å². The quantitative estimate of drug-likeness (QED) is 0.632. The highest BCUT2D eigenvalue weighted by Gasteiger charge is 2.13. The summed E-state index contributed by atoms with van der Waals surface area (Å²) in [6, 6.07) is 6.42. The molecule has 0 aliphatic rings. The van der Waals surface area contributed by atoms with Gasteiger partial charge in [-0.3, -0.25) is 9.52 Å². The topological polar surface area (TPSA) is 93.7 Å². The smallest absolute Gasteiger partial charge is 0.253 e. The fourth-order valence-corrected chi connectivity index (χ4v) is 2.26. The Kier molecular flexibility index (Phi) is 8.01. The van der Waals surface area contributed by atoms with Gasteiger partial charge in [0.05, 0.1) is 19.0 Å². The Hall–Kier alpha value is -1.64. The lowest BCUT2D eigenvalue weighted by molar-refractivity contribution is -0.127. The van der Waals surface area contributed by atoms with Crippen LogP contribution in [0.15, 0.2) is 24.3 Å². The lowest BCUT2D eigenvalue weighted by Crippen LogP contribution is -2.28. The number of amides is 1. The molecule has 0 spiro atoms. The zero-order valence-electron chi connectivity index (χ0n) is 13.7. The monoisotopic (exact) mass is 344 g/mol. The first-order chi connectivity index (χ1) is 10.9. The minimum Gasteiger partial charge on any atom is -0.379 e. The van der Waals surface area contributed by atoms with Gasteiger partial charge in [0.1, 0.15) is 6.10 Å². The van der Waals surface area contributed by atoms with Crippen molar-refractivity contribution in [2.75, 3.05) is 35.6 Å². The van der Waals surface area contributed by atoms with Crippen molar-refractivity contribution in [1.82, 2.24) is 0 Å². The SMILES string of the molecule is CCOCCOC(C)C(=O)Nc1ccc(NS(=O)(=O)CC)cc1. The van der Waals surface area contributed by atoms with Crippen molar-refractivity contribution in [3.63, 3.8) is 0 Å². The summed E-state index contributed by atoms with van der Waals surface area (Å²) >= 11 is 0. The predicted molar refractivity (Wildman–Crippen MR) is 90.1 cm³/mol. The van der Waals surface area contributed by atoms with Gasteiger partial charge in [-0.15, -0.1) is 0 Å². The highest BCUT2D eigenvalue weighted by atomic mass is 32.2. The molecule has 23 heavy (non-hydrogen) atoms. The van der Waals surface area contributed by atoms with E-state index in [1.807, 2.05) is 6.92 Å². The van der Waals surface area contributed by atoms with Crippen molar-refractivity contribution >= 4 is 27.3 Å². The Morgan fingerprint density at radius 1 is 1.13 bits per heavy atom. The van der Waals surface area contributed by atoms with E-state index in [9.17, 15) is 13.2 Å². The van der Waals surface area contributed by atoms with Crippen LogP contribution in [-0.4, -0.2) is 46.0 Å². The third kappa shape index (κ3) is 7.45. The first-order valence-electron chi connectivity index (χ1n) is 7.48. The molecular formula is C15H24N2O5S. The first-order valence-corrected chi connectivity index (χ1v) is 9.14. The van der Waals surface area contributed by atoms with Crippen LogP contribution in [0.3, 0.4) is 0 Å². The van der Waals surface area contributed by atoms with Gasteiger partial charge in [-0.05, 0) is 45.0 Å². The van der Waals surface area contributed by atoms with Gasteiger partial charge in [-0.2, -0.15) is 0 Å². The number of carbonyl (C=O) groups is 1. The summed E-state index contributed by atoms with van der Waals surface area (Å²) in [5.41, 5.74) is 1.01. The van der Waals surface area contributed by atoms with Crippen LogP contribution in [0.4, 0.5) is 11.4 Å². The number of carbonyl (C=O) groups excluding carboxylic acids is 1. The molecule has 130 valence electrons. The molecule has 2 N–H and O–H groups in total. The maximum Gasteiger partial charge on any atom is 0.253 e. The van der Waals surface area contributed by atoms with E-state index < -0.39 is 16.1 Å². The second-order valence-electron chi connectivity index (χ2n) is 4.78. The fourth-order valence-electron chi connectivity index (χ4n) is 1.62. The van der Waals surface area contributed by atoms with Gasteiger partial charge < -0.3 is 14.8 Å². The van der Waals surface area contributed by atoms with Crippen LogP contribution in [-0.2, 0) is 24.3 Å². The average Bonchev–Trinajstić information content (AvgIpc) is 2.53. The van der Waals surface area contributed by atoms with Crippen LogP contribution in [0.5, 0.6) is 0 Å². The molecule has 1 aromatic rings. The minimum atomic E-state index is -3.31. The second-order valence-corrected chi connectivity index (χ2v) is 6.79. The molecular weight excluding hydrogens is 320 g/mol. The number of hydrogen-bond donors (Lipinski definition) is 2. The molecule has 0 aliphatic carbocycles. The van der Waals surface area contributed by atoms with Gasteiger partial charge in [0.15, 0.2) is 0 Å². The van der Waals surface area contributed by atoms with E-state index in [2.05, 4.69) is 10.0 Å². The van der Waals surface area contributed by atoms with Gasteiger partial charge in [0.2, 0.25) is 10.0 Å². The summed E-state index contributed by atoms with van der Waals surface area (Å²) in [4.78, 5) is 11.9. The molecule has 0 saturated heterocycles. The van der Waals surface area contributed by atoms with Gasteiger partial charge in [0, 0.05) is 18.0 Å². The van der Waals surface area contributed by atoms with Crippen LogP contribution in [0.2, 0.25) is 0 Å². The minimum absolute atomic E-state index is 0.00207. The average molecular weight is 344 g/mol. The van der Waals surface area contributed by atoms with Crippen molar-refractivity contribution in [2.24, 2.45) is 0 Å². The van der Waals surface area contributed by atoms with Gasteiger partial charge in [-0.25, -0.2) is 8.42 Å². The van der Waals surface area contributed by atoms with Gasteiger partial charge in [0.25, 0.3) is 5.91 Å². The maximum atomic E-state index is 11.9. The van der Waals surface area contributed by atoms with Crippen molar-refractivity contribution in [2.45, 2.75) is 26.9 Å². The molecule has 0 radical (unpaired) electrons. The van der Waals surface area contributed by atoms with E-state index in [0.29, 0.717) is 31.2 Å². The second kappa shape index (κ2) is 9.49. The van der Waals surface area contributed by atoms with Crippen LogP contribution in [0, 0.1) is 0 Å². The molecule has 7 nitrogen and oxygen atoms in total. The standard InChI is InChI=1S/C15H24N2O5S/c1-4-21-10-11-22-12(3)15(18)16-13-6-8-14(9-7-13)17-23(19,20)5-2/h6-9,12,17H,4-5,10-11H2,1-3H3,(H,16,18). The molecule has 1 atom stereocenters. The maximum absolute atomic E-state index is 11.9. The first kappa shape index (κ1) is 19.4. The molecule has 1 rings (SSSR count). The van der Waals surface area contributed by atoms with Crippen LogP contribution >= 0.6 is 0 Å². The lowest BCUT2D eigenvalue weighted by atomic mass is 10.2. The normalized spacial score (nSPS) is 12.7. The van der Waals surface area contributed by atoms with Crippen molar-refractivity contribution in [1.29, 1.82) is 0 Å². The summed E-state index contributed by atoms with van der Waals surface area (Å²) in [7, 11) is -3.31. The Bertz CT molecular complexity index is 586. The van der Waals surface area contributed by atoms with E-state index in [1.165, 1.54) is 0 Å². The third-order valence-corrected chi connectivity index (χ3v) is 4.28. The summed E-state index contributed by atoms with van der Waals surface area (Å²) in [5.74, 6) is -0.273. The van der Waals surface area contributed by atoms with E-state index in [0.717, 1.165) is 0 Å². The fraction of sp³-hybridized carbons (Fsp3) is 0.533. The predicted octanol–water partition coefficient (Wildman–Crippen LogP) is 1.83. The zero-order chi connectivity index (χ0) is 17.3. The lowest BCUT2D eigenvalue weighted by Gasteiger charge is -2.14. The number of ether oxygens (including phenoxy) is 2. The molecule has 0 heterocycles. The molecule has 0 aliphatic heterocycles. The molecule has 1 amide bonds. The number of anilines is 2. The Morgan fingerprint density at radius 2 is 1.74 bits per heavy atom. The van der Waals surface area contributed by atoms with Crippen LogP contribution < -0.4 is 10.0 Å². The van der Waals surface area contributed by atoms with E-state index in [1.54, 1.807) is 38.1 Å². The molecule has 1 aromatic carbocycles. The Balaban J connectivity index is 2.49. The Labute approximate surface area is 137 Å². The summed E-state index contributed by atoms with van der Waals surface area (Å²) in [5, 5.41) is 2.70. The third-order valence-electron chi connectivity index (χ3n) is 2.97. The molecule has 1 unspecified atom stereocenters. The Morgan fingerprint density at radius 3 is 2.30 bits per heavy atom. The largest absolute Gasteiger partial charge is 0.379 e.